The molecule has 0 saturated heterocycles. The average Bonchev–Trinajstić information content (AvgIpc) is 2.85. The van der Waals surface area contributed by atoms with E-state index in [4.69, 9.17) is 21.1 Å². The van der Waals surface area contributed by atoms with Gasteiger partial charge >= 0.3 is 5.97 Å². The first-order chi connectivity index (χ1) is 12.5. The van der Waals surface area contributed by atoms with Crippen molar-refractivity contribution in [1.82, 2.24) is 4.90 Å². The number of methoxy groups -OCH3 is 1. The van der Waals surface area contributed by atoms with E-state index in [1.165, 1.54) is 7.11 Å². The van der Waals surface area contributed by atoms with Gasteiger partial charge in [0, 0.05) is 23.7 Å². The Morgan fingerprint density at radius 1 is 1.35 bits per heavy atom. The van der Waals surface area contributed by atoms with Crippen molar-refractivity contribution in [2.75, 3.05) is 20.3 Å². The maximum absolute atomic E-state index is 12.1. The number of hydrogen-bond acceptors (Lipinski definition) is 5. The standard InChI is InChI=1S/C20H22ClNO4/c1-3-17(20(24)25-2)22-7-8-26-19-15(12-22)9-14(11-18(19)23)13-5-4-6-16(21)10-13/h4-6,9-11,17,23H,3,7-8,12H2,1-2H3. The number of ether oxygens (including phenoxy) is 2. The normalized spacial score (nSPS) is 15.5. The van der Waals surface area contributed by atoms with E-state index < -0.39 is 0 Å². The van der Waals surface area contributed by atoms with E-state index in [0.717, 1.165) is 16.7 Å². The van der Waals surface area contributed by atoms with E-state index >= 15 is 0 Å². The number of benzene rings is 2. The van der Waals surface area contributed by atoms with Crippen LogP contribution in [0, 0.1) is 0 Å². The Hall–Kier alpha value is -2.24. The molecule has 0 saturated carbocycles. The average molecular weight is 376 g/mol. The Kier molecular flexibility index (Phi) is 5.69. The molecule has 0 fully saturated rings. The van der Waals surface area contributed by atoms with Crippen LogP contribution in [0.1, 0.15) is 18.9 Å². The van der Waals surface area contributed by atoms with Crippen molar-refractivity contribution in [3.8, 4) is 22.6 Å². The second-order valence-electron chi connectivity index (χ2n) is 6.26. The smallest absolute Gasteiger partial charge is 0.323 e. The van der Waals surface area contributed by atoms with Crippen LogP contribution in [0.5, 0.6) is 11.5 Å². The predicted molar refractivity (Wildman–Crippen MR) is 101 cm³/mol. The summed E-state index contributed by atoms with van der Waals surface area (Å²) in [5, 5.41) is 11.1. The number of phenolic OH excluding ortho intramolecular Hbond substituents is 1. The Morgan fingerprint density at radius 3 is 2.85 bits per heavy atom. The summed E-state index contributed by atoms with van der Waals surface area (Å²) >= 11 is 6.09. The summed E-state index contributed by atoms with van der Waals surface area (Å²) in [5.74, 6) is 0.301. The number of phenols is 1. The molecule has 2 aromatic rings. The van der Waals surface area contributed by atoms with E-state index in [-0.39, 0.29) is 17.8 Å². The van der Waals surface area contributed by atoms with Gasteiger partial charge in [-0.2, -0.15) is 0 Å². The molecule has 138 valence electrons. The summed E-state index contributed by atoms with van der Waals surface area (Å²) in [7, 11) is 1.40. The van der Waals surface area contributed by atoms with Gasteiger partial charge in [-0.1, -0.05) is 30.7 Å². The lowest BCUT2D eigenvalue weighted by atomic mass is 10.0. The van der Waals surface area contributed by atoms with Crippen LogP contribution in [-0.2, 0) is 16.1 Å². The van der Waals surface area contributed by atoms with Crippen LogP contribution < -0.4 is 4.74 Å². The van der Waals surface area contributed by atoms with Gasteiger partial charge in [-0.05, 0) is 41.8 Å². The summed E-state index contributed by atoms with van der Waals surface area (Å²) < 4.78 is 10.7. The number of hydrogen-bond donors (Lipinski definition) is 1. The molecule has 3 rings (SSSR count). The number of carbonyl (C=O) groups is 1. The molecule has 1 aliphatic rings. The molecule has 0 amide bonds. The van der Waals surface area contributed by atoms with Crippen molar-refractivity contribution >= 4 is 17.6 Å². The molecule has 2 aromatic carbocycles. The molecule has 0 spiro atoms. The molecule has 0 radical (unpaired) electrons. The molecule has 1 atom stereocenters. The largest absolute Gasteiger partial charge is 0.504 e. The van der Waals surface area contributed by atoms with Crippen molar-refractivity contribution < 1.29 is 19.4 Å². The van der Waals surface area contributed by atoms with Gasteiger partial charge in [0.2, 0.25) is 0 Å². The number of nitrogens with zero attached hydrogens (tertiary/aromatic N) is 1. The Morgan fingerprint density at radius 2 is 2.15 bits per heavy atom. The zero-order valence-electron chi connectivity index (χ0n) is 14.9. The molecular formula is C20H22ClNO4. The van der Waals surface area contributed by atoms with Crippen LogP contribution in [0.15, 0.2) is 36.4 Å². The second-order valence-corrected chi connectivity index (χ2v) is 6.70. The highest BCUT2D eigenvalue weighted by molar-refractivity contribution is 6.30. The number of fused-ring (bicyclic) bond motifs is 1. The molecule has 1 N–H and O–H groups in total. The number of carbonyl (C=O) groups excluding carboxylic acids is 1. The van der Waals surface area contributed by atoms with Gasteiger partial charge in [-0.25, -0.2) is 0 Å². The molecular weight excluding hydrogens is 354 g/mol. The minimum absolute atomic E-state index is 0.0884. The summed E-state index contributed by atoms with van der Waals surface area (Å²) in [5.41, 5.74) is 2.59. The third-order valence-corrected chi connectivity index (χ3v) is 4.84. The van der Waals surface area contributed by atoms with Crippen molar-refractivity contribution in [3.63, 3.8) is 0 Å². The Labute approximate surface area is 158 Å². The van der Waals surface area contributed by atoms with Gasteiger partial charge in [-0.3, -0.25) is 9.69 Å². The molecule has 1 aliphatic heterocycles. The van der Waals surface area contributed by atoms with Gasteiger partial charge in [0.05, 0.1) is 7.11 Å². The summed E-state index contributed by atoms with van der Waals surface area (Å²) in [6, 6.07) is 10.8. The third-order valence-electron chi connectivity index (χ3n) is 4.60. The van der Waals surface area contributed by atoms with Gasteiger partial charge in [0.1, 0.15) is 12.6 Å². The molecule has 0 aromatic heterocycles. The minimum atomic E-state index is -0.341. The maximum atomic E-state index is 12.1. The van der Waals surface area contributed by atoms with Crippen LogP contribution >= 0.6 is 11.6 Å². The van der Waals surface area contributed by atoms with E-state index in [1.807, 2.05) is 36.1 Å². The van der Waals surface area contributed by atoms with Crippen molar-refractivity contribution in [1.29, 1.82) is 0 Å². The summed E-state index contributed by atoms with van der Waals surface area (Å²) in [4.78, 5) is 14.1. The first kappa shape index (κ1) is 18.5. The summed E-state index contributed by atoms with van der Waals surface area (Å²) in [6.45, 7) is 3.41. The maximum Gasteiger partial charge on any atom is 0.323 e. The van der Waals surface area contributed by atoms with Crippen molar-refractivity contribution in [2.45, 2.75) is 25.9 Å². The minimum Gasteiger partial charge on any atom is -0.504 e. The highest BCUT2D eigenvalue weighted by Crippen LogP contribution is 2.38. The Bertz CT molecular complexity index is 808. The van der Waals surface area contributed by atoms with Crippen LogP contribution in [-0.4, -0.2) is 42.3 Å². The first-order valence-electron chi connectivity index (χ1n) is 8.60. The quantitative estimate of drug-likeness (QED) is 0.822. The number of halogens is 1. The highest BCUT2D eigenvalue weighted by Gasteiger charge is 2.29. The van der Waals surface area contributed by atoms with Crippen LogP contribution in [0.2, 0.25) is 5.02 Å². The van der Waals surface area contributed by atoms with Gasteiger partial charge in [0.15, 0.2) is 11.5 Å². The third kappa shape index (κ3) is 3.79. The zero-order valence-corrected chi connectivity index (χ0v) is 15.6. The fraction of sp³-hybridized carbons (Fsp3) is 0.350. The number of aromatic hydroxyl groups is 1. The lowest BCUT2D eigenvalue weighted by molar-refractivity contribution is -0.147. The fourth-order valence-corrected chi connectivity index (χ4v) is 3.52. The van der Waals surface area contributed by atoms with Gasteiger partial charge in [-0.15, -0.1) is 0 Å². The Balaban J connectivity index is 1.98. The molecule has 26 heavy (non-hydrogen) atoms. The number of rotatable bonds is 4. The number of esters is 1. The highest BCUT2D eigenvalue weighted by atomic mass is 35.5. The SMILES string of the molecule is CCC(C(=O)OC)N1CCOc2c(O)cc(-c3cccc(Cl)c3)cc2C1. The lowest BCUT2D eigenvalue weighted by Gasteiger charge is -2.27. The van der Waals surface area contributed by atoms with E-state index in [9.17, 15) is 9.90 Å². The van der Waals surface area contributed by atoms with Crippen LogP contribution in [0.3, 0.4) is 0 Å². The first-order valence-corrected chi connectivity index (χ1v) is 8.97. The van der Waals surface area contributed by atoms with Crippen LogP contribution in [0.4, 0.5) is 0 Å². The summed E-state index contributed by atoms with van der Waals surface area (Å²) in [6.07, 6.45) is 0.641. The van der Waals surface area contributed by atoms with Crippen LogP contribution in [0.25, 0.3) is 11.1 Å². The molecule has 6 heteroatoms. The second kappa shape index (κ2) is 7.98. The van der Waals surface area contributed by atoms with Gasteiger partial charge in [0.25, 0.3) is 0 Å². The lowest BCUT2D eigenvalue weighted by Crippen LogP contribution is -2.42. The van der Waals surface area contributed by atoms with Gasteiger partial charge < -0.3 is 14.6 Å². The van der Waals surface area contributed by atoms with Crippen molar-refractivity contribution in [2.24, 2.45) is 0 Å². The van der Waals surface area contributed by atoms with Crippen molar-refractivity contribution in [3.05, 3.63) is 47.0 Å². The van der Waals surface area contributed by atoms with E-state index in [1.54, 1.807) is 12.1 Å². The predicted octanol–water partition coefficient (Wildman–Crippen LogP) is 3.86. The molecule has 1 unspecified atom stereocenters. The molecule has 0 bridgehead atoms. The monoisotopic (exact) mass is 375 g/mol. The zero-order chi connectivity index (χ0) is 18.7. The molecule has 5 nitrogen and oxygen atoms in total. The topological polar surface area (TPSA) is 59.0 Å². The molecule has 0 aliphatic carbocycles. The molecule has 1 heterocycles. The van der Waals surface area contributed by atoms with E-state index in [0.29, 0.717) is 36.9 Å². The van der Waals surface area contributed by atoms with E-state index in [2.05, 4.69) is 0 Å². The fourth-order valence-electron chi connectivity index (χ4n) is 3.33.